The molecule has 1 unspecified atom stereocenters. The Labute approximate surface area is 200 Å². The van der Waals surface area contributed by atoms with Crippen molar-refractivity contribution in [1.29, 1.82) is 5.26 Å². The summed E-state index contributed by atoms with van der Waals surface area (Å²) in [6, 6.07) is 20.7. The molecule has 0 spiro atoms. The molecule has 0 heterocycles. The van der Waals surface area contributed by atoms with E-state index in [0.29, 0.717) is 27.2 Å². The van der Waals surface area contributed by atoms with E-state index in [4.69, 9.17) is 10.00 Å². The summed E-state index contributed by atoms with van der Waals surface area (Å²) >= 11 is 3.49. The number of nitrogens with one attached hydrogen (secondary N) is 2. The van der Waals surface area contributed by atoms with Crippen molar-refractivity contribution in [2.45, 2.75) is 26.0 Å². The first-order chi connectivity index (χ1) is 15.9. The third-order valence-electron chi connectivity index (χ3n) is 4.76. The van der Waals surface area contributed by atoms with E-state index in [0.717, 1.165) is 11.1 Å². The van der Waals surface area contributed by atoms with E-state index in [1.165, 1.54) is 0 Å². The quantitative estimate of drug-likeness (QED) is 0.378. The number of hydrogen-bond acceptors (Lipinski definition) is 5. The highest BCUT2D eigenvalue weighted by Gasteiger charge is 2.15. The molecule has 0 saturated heterocycles. The highest BCUT2D eigenvalue weighted by Crippen LogP contribution is 2.32. The average Bonchev–Trinajstić information content (AvgIpc) is 2.80. The lowest BCUT2D eigenvalue weighted by Gasteiger charge is -2.16. The number of nitriles is 1. The fourth-order valence-corrected chi connectivity index (χ4v) is 3.54. The van der Waals surface area contributed by atoms with Crippen molar-refractivity contribution in [3.63, 3.8) is 0 Å². The summed E-state index contributed by atoms with van der Waals surface area (Å²) in [5, 5.41) is 23.5. The number of rotatable bonds is 8. The first kappa shape index (κ1) is 24.0. The normalized spacial score (nSPS) is 11.2. The van der Waals surface area contributed by atoms with Crippen molar-refractivity contribution in [3.8, 4) is 17.6 Å². The first-order valence-electron chi connectivity index (χ1n) is 10.1. The summed E-state index contributed by atoms with van der Waals surface area (Å²) in [4.78, 5) is 24.4. The molecule has 0 fully saturated rings. The number of aliphatic hydroxyl groups is 1. The molecule has 0 aliphatic heterocycles. The Bertz CT molecular complexity index is 1190. The minimum absolute atomic E-state index is 0.0694. The maximum atomic E-state index is 12.3. The zero-order valence-corrected chi connectivity index (χ0v) is 19.4. The van der Waals surface area contributed by atoms with Crippen LogP contribution in [0, 0.1) is 11.3 Å². The fraction of sp³-hybridized carbons (Fsp3) is 0.160. The van der Waals surface area contributed by atoms with E-state index in [-0.39, 0.29) is 19.1 Å². The summed E-state index contributed by atoms with van der Waals surface area (Å²) in [5.74, 6) is 0.337. The summed E-state index contributed by atoms with van der Waals surface area (Å²) in [5.41, 5.74) is 2.59. The topological polar surface area (TPSA) is 111 Å². The van der Waals surface area contributed by atoms with E-state index in [9.17, 15) is 14.7 Å². The van der Waals surface area contributed by atoms with E-state index in [1.807, 2.05) is 25.1 Å². The van der Waals surface area contributed by atoms with E-state index >= 15 is 0 Å². The number of aliphatic hydroxyl groups excluding tert-OH is 1. The monoisotopic (exact) mass is 507 g/mol. The van der Waals surface area contributed by atoms with Crippen LogP contribution in [-0.4, -0.2) is 16.9 Å². The predicted molar refractivity (Wildman–Crippen MR) is 128 cm³/mol. The minimum atomic E-state index is -0.445. The number of carbonyl (C=O) groups is 2. The Kier molecular flexibility index (Phi) is 8.19. The second-order valence-corrected chi connectivity index (χ2v) is 8.16. The fourth-order valence-electron chi connectivity index (χ4n) is 3.06. The Balaban J connectivity index is 1.56. The van der Waals surface area contributed by atoms with Gasteiger partial charge >= 0.3 is 0 Å². The molecule has 168 valence electrons. The zero-order valence-electron chi connectivity index (χ0n) is 17.8. The van der Waals surface area contributed by atoms with Crippen molar-refractivity contribution < 1.29 is 19.4 Å². The molecule has 3 aromatic rings. The van der Waals surface area contributed by atoms with Crippen LogP contribution in [0.2, 0.25) is 0 Å². The van der Waals surface area contributed by atoms with Gasteiger partial charge in [-0.15, -0.1) is 0 Å². The van der Waals surface area contributed by atoms with Crippen LogP contribution in [0.5, 0.6) is 11.5 Å². The molecule has 0 aliphatic carbocycles. The highest BCUT2D eigenvalue weighted by molar-refractivity contribution is 9.10. The van der Waals surface area contributed by atoms with E-state index < -0.39 is 11.8 Å². The molecule has 33 heavy (non-hydrogen) atoms. The lowest BCUT2D eigenvalue weighted by molar-refractivity contribution is -0.127. The van der Waals surface area contributed by atoms with Gasteiger partial charge in [-0.1, -0.05) is 18.2 Å². The van der Waals surface area contributed by atoms with Crippen LogP contribution in [0.15, 0.2) is 71.2 Å². The third kappa shape index (κ3) is 6.91. The SMILES string of the molecule is CC(NC(=O)CC(=O)Nc1ccc(C#N)cc1)c1ccc(Oc2cccc(CO)c2)c(Br)c1. The van der Waals surface area contributed by atoms with Gasteiger partial charge in [0, 0.05) is 5.69 Å². The van der Waals surface area contributed by atoms with Crippen molar-refractivity contribution in [2.24, 2.45) is 0 Å². The van der Waals surface area contributed by atoms with E-state index in [2.05, 4.69) is 26.6 Å². The molecule has 2 amide bonds. The van der Waals surface area contributed by atoms with Gasteiger partial charge in [0.2, 0.25) is 11.8 Å². The second kappa shape index (κ2) is 11.3. The molecule has 1 atom stereocenters. The lowest BCUT2D eigenvalue weighted by atomic mass is 10.1. The van der Waals surface area contributed by atoms with Gasteiger partial charge in [0.05, 0.1) is 28.8 Å². The smallest absolute Gasteiger partial charge is 0.233 e. The lowest BCUT2D eigenvalue weighted by Crippen LogP contribution is -2.30. The number of halogens is 1. The van der Waals surface area contributed by atoms with Gasteiger partial charge in [-0.2, -0.15) is 5.26 Å². The Hall–Kier alpha value is -3.67. The summed E-state index contributed by atoms with van der Waals surface area (Å²) in [6.07, 6.45) is -0.325. The molecule has 0 bridgehead atoms. The van der Waals surface area contributed by atoms with Crippen LogP contribution in [0.25, 0.3) is 0 Å². The first-order valence-corrected chi connectivity index (χ1v) is 10.9. The molecule has 0 aromatic heterocycles. The number of nitrogens with zero attached hydrogens (tertiary/aromatic N) is 1. The molecule has 0 saturated carbocycles. The number of benzene rings is 3. The summed E-state index contributed by atoms with van der Waals surface area (Å²) in [7, 11) is 0. The van der Waals surface area contributed by atoms with Crippen LogP contribution in [-0.2, 0) is 16.2 Å². The summed E-state index contributed by atoms with van der Waals surface area (Å²) < 4.78 is 6.58. The van der Waals surface area contributed by atoms with Crippen LogP contribution in [0.1, 0.15) is 36.1 Å². The van der Waals surface area contributed by atoms with Crippen molar-refractivity contribution in [1.82, 2.24) is 5.32 Å². The van der Waals surface area contributed by atoms with Gasteiger partial charge in [-0.05, 0) is 82.5 Å². The molecule has 3 N–H and O–H groups in total. The van der Waals surface area contributed by atoms with Crippen molar-refractivity contribution in [3.05, 3.63) is 87.9 Å². The average molecular weight is 508 g/mol. The van der Waals surface area contributed by atoms with Gasteiger partial charge in [-0.25, -0.2) is 0 Å². The van der Waals surface area contributed by atoms with Gasteiger partial charge in [0.1, 0.15) is 17.9 Å². The molecular formula is C25H22BrN3O4. The van der Waals surface area contributed by atoms with Crippen LogP contribution >= 0.6 is 15.9 Å². The largest absolute Gasteiger partial charge is 0.456 e. The molecule has 8 heteroatoms. The van der Waals surface area contributed by atoms with E-state index in [1.54, 1.807) is 54.6 Å². The van der Waals surface area contributed by atoms with Crippen LogP contribution < -0.4 is 15.4 Å². The zero-order chi connectivity index (χ0) is 23.8. The Morgan fingerprint density at radius 1 is 1.09 bits per heavy atom. The number of anilines is 1. The van der Waals surface area contributed by atoms with Gasteiger partial charge < -0.3 is 20.5 Å². The third-order valence-corrected chi connectivity index (χ3v) is 5.38. The maximum Gasteiger partial charge on any atom is 0.233 e. The van der Waals surface area contributed by atoms with Crippen LogP contribution in [0.3, 0.4) is 0 Å². The number of ether oxygens (including phenoxy) is 1. The Morgan fingerprint density at radius 3 is 2.52 bits per heavy atom. The molecule has 3 aromatic carbocycles. The molecule has 0 aliphatic rings. The Morgan fingerprint density at radius 2 is 1.85 bits per heavy atom. The molecule has 7 nitrogen and oxygen atoms in total. The molecule has 3 rings (SSSR count). The van der Waals surface area contributed by atoms with Crippen molar-refractivity contribution >= 4 is 33.4 Å². The molecular weight excluding hydrogens is 486 g/mol. The van der Waals surface area contributed by atoms with Gasteiger partial charge in [0.25, 0.3) is 0 Å². The highest BCUT2D eigenvalue weighted by atomic mass is 79.9. The number of hydrogen-bond donors (Lipinski definition) is 3. The van der Waals surface area contributed by atoms with Crippen LogP contribution in [0.4, 0.5) is 5.69 Å². The van der Waals surface area contributed by atoms with Crippen molar-refractivity contribution in [2.75, 3.05) is 5.32 Å². The maximum absolute atomic E-state index is 12.3. The van der Waals surface area contributed by atoms with Gasteiger partial charge in [0.15, 0.2) is 0 Å². The number of carbonyl (C=O) groups excluding carboxylic acids is 2. The predicted octanol–water partition coefficient (Wildman–Crippen LogP) is 4.81. The number of amides is 2. The standard InChI is InChI=1S/C25H22BrN3O4/c1-16(28-24(31)13-25(32)29-20-8-5-17(14-27)6-9-20)19-7-10-23(22(26)12-19)33-21-4-2-3-18(11-21)15-30/h2-12,16,30H,13,15H2,1H3,(H,28,31)(H,29,32). The second-order valence-electron chi connectivity index (χ2n) is 7.30. The summed E-state index contributed by atoms with van der Waals surface area (Å²) in [6.45, 7) is 1.75. The minimum Gasteiger partial charge on any atom is -0.456 e. The van der Waals surface area contributed by atoms with Gasteiger partial charge in [-0.3, -0.25) is 9.59 Å². The molecule has 0 radical (unpaired) electrons.